The summed E-state index contributed by atoms with van der Waals surface area (Å²) in [6, 6.07) is 8.42. The quantitative estimate of drug-likeness (QED) is 0.564. The molecule has 0 heterocycles. The maximum atomic E-state index is 12.1. The molecule has 0 fully saturated rings. The van der Waals surface area contributed by atoms with E-state index in [1.54, 1.807) is 19.1 Å². The number of esters is 1. The number of carbonyl (C=O) groups excluding carboxylic acids is 3. The van der Waals surface area contributed by atoms with Crippen LogP contribution in [0.1, 0.15) is 32.3 Å². The standard InChI is InChI=1S/C18H27N3O4/c1-4-25-18(24)14(13-8-6-5-7-9-13)10-20-15(22)11-21-17(23)16(19)12(2)3/h5-9,12,14,16H,4,10-11,19H2,1-3H3,(H,20,22)(H,21,23)/t14?,16-/m0/s1. The van der Waals surface area contributed by atoms with E-state index in [1.165, 1.54) is 0 Å². The first kappa shape index (κ1) is 20.6. The minimum absolute atomic E-state index is 0.0191. The van der Waals surface area contributed by atoms with Crippen molar-refractivity contribution in [3.05, 3.63) is 35.9 Å². The average Bonchev–Trinajstić information content (AvgIpc) is 2.60. The lowest BCUT2D eigenvalue weighted by molar-refractivity contribution is -0.145. The zero-order valence-corrected chi connectivity index (χ0v) is 15.0. The van der Waals surface area contributed by atoms with Crippen LogP contribution in [0.5, 0.6) is 0 Å². The predicted molar refractivity (Wildman–Crippen MR) is 94.6 cm³/mol. The van der Waals surface area contributed by atoms with E-state index in [1.807, 2.05) is 32.0 Å². The van der Waals surface area contributed by atoms with Crippen LogP contribution in [0.2, 0.25) is 0 Å². The second-order valence-corrected chi connectivity index (χ2v) is 6.01. The SMILES string of the molecule is CCOC(=O)C(CNC(=O)CNC(=O)[C@@H](N)C(C)C)c1ccccc1. The van der Waals surface area contributed by atoms with E-state index in [-0.39, 0.29) is 31.5 Å². The molecule has 0 saturated carbocycles. The van der Waals surface area contributed by atoms with Crippen molar-refractivity contribution in [2.45, 2.75) is 32.7 Å². The van der Waals surface area contributed by atoms with Crippen LogP contribution in [0, 0.1) is 5.92 Å². The van der Waals surface area contributed by atoms with Gasteiger partial charge in [-0.2, -0.15) is 0 Å². The second-order valence-electron chi connectivity index (χ2n) is 6.01. The number of rotatable bonds is 9. The molecule has 0 aliphatic carbocycles. The molecule has 0 spiro atoms. The van der Waals surface area contributed by atoms with Crippen LogP contribution in [0.15, 0.2) is 30.3 Å². The summed E-state index contributed by atoms with van der Waals surface area (Å²) in [5.41, 5.74) is 6.47. The molecule has 0 saturated heterocycles. The molecule has 0 radical (unpaired) electrons. The van der Waals surface area contributed by atoms with Crippen molar-refractivity contribution in [1.29, 1.82) is 0 Å². The van der Waals surface area contributed by atoms with Gasteiger partial charge in [-0.3, -0.25) is 14.4 Å². The van der Waals surface area contributed by atoms with Gasteiger partial charge >= 0.3 is 5.97 Å². The number of hydrogen-bond acceptors (Lipinski definition) is 5. The molecule has 2 atom stereocenters. The van der Waals surface area contributed by atoms with Gasteiger partial charge in [0.05, 0.1) is 25.1 Å². The lowest BCUT2D eigenvalue weighted by atomic mass is 9.99. The van der Waals surface area contributed by atoms with Gasteiger partial charge in [-0.15, -0.1) is 0 Å². The van der Waals surface area contributed by atoms with Crippen LogP contribution in [0.3, 0.4) is 0 Å². The van der Waals surface area contributed by atoms with Gasteiger partial charge in [0.15, 0.2) is 0 Å². The topological polar surface area (TPSA) is 111 Å². The summed E-state index contributed by atoms with van der Waals surface area (Å²) in [4.78, 5) is 35.8. The third-order valence-electron chi connectivity index (χ3n) is 3.72. The zero-order chi connectivity index (χ0) is 18.8. The maximum absolute atomic E-state index is 12.1. The highest BCUT2D eigenvalue weighted by atomic mass is 16.5. The Morgan fingerprint density at radius 3 is 2.32 bits per heavy atom. The summed E-state index contributed by atoms with van der Waals surface area (Å²) in [6.07, 6.45) is 0. The molecule has 1 rings (SSSR count). The Bertz CT molecular complexity index is 575. The van der Waals surface area contributed by atoms with Crippen molar-refractivity contribution in [3.8, 4) is 0 Å². The molecule has 7 nitrogen and oxygen atoms in total. The Morgan fingerprint density at radius 1 is 1.12 bits per heavy atom. The van der Waals surface area contributed by atoms with Gasteiger partial charge in [-0.1, -0.05) is 44.2 Å². The Kier molecular flexibility index (Phi) is 8.63. The third kappa shape index (κ3) is 6.93. The Morgan fingerprint density at radius 2 is 1.76 bits per heavy atom. The normalized spacial score (nSPS) is 13.0. The van der Waals surface area contributed by atoms with Crippen molar-refractivity contribution >= 4 is 17.8 Å². The first-order valence-corrected chi connectivity index (χ1v) is 8.38. The molecule has 25 heavy (non-hydrogen) atoms. The van der Waals surface area contributed by atoms with Gasteiger partial charge in [-0.25, -0.2) is 0 Å². The summed E-state index contributed by atoms with van der Waals surface area (Å²) in [7, 11) is 0. The summed E-state index contributed by atoms with van der Waals surface area (Å²) in [6.45, 7) is 5.55. The average molecular weight is 349 g/mol. The van der Waals surface area contributed by atoms with E-state index >= 15 is 0 Å². The van der Waals surface area contributed by atoms with Crippen LogP contribution in [0.25, 0.3) is 0 Å². The van der Waals surface area contributed by atoms with E-state index in [0.29, 0.717) is 0 Å². The van der Waals surface area contributed by atoms with Crippen LogP contribution < -0.4 is 16.4 Å². The van der Waals surface area contributed by atoms with Crippen molar-refractivity contribution < 1.29 is 19.1 Å². The number of amides is 2. The third-order valence-corrected chi connectivity index (χ3v) is 3.72. The van der Waals surface area contributed by atoms with E-state index in [0.717, 1.165) is 5.56 Å². The summed E-state index contributed by atoms with van der Waals surface area (Å²) in [5, 5.41) is 5.14. The van der Waals surface area contributed by atoms with Crippen LogP contribution in [0.4, 0.5) is 0 Å². The fourth-order valence-electron chi connectivity index (χ4n) is 2.13. The summed E-state index contributed by atoms with van der Waals surface area (Å²) < 4.78 is 5.07. The van der Waals surface area contributed by atoms with E-state index in [2.05, 4.69) is 10.6 Å². The number of benzene rings is 1. The highest BCUT2D eigenvalue weighted by molar-refractivity contribution is 5.88. The molecule has 1 aromatic carbocycles. The molecule has 1 aromatic rings. The van der Waals surface area contributed by atoms with Gasteiger partial charge in [0.2, 0.25) is 11.8 Å². The van der Waals surface area contributed by atoms with Gasteiger partial charge in [0, 0.05) is 6.54 Å². The highest BCUT2D eigenvalue weighted by Crippen LogP contribution is 2.16. The van der Waals surface area contributed by atoms with Gasteiger partial charge in [0.1, 0.15) is 0 Å². The second kappa shape index (κ2) is 10.5. The Hall–Kier alpha value is -2.41. The van der Waals surface area contributed by atoms with Crippen molar-refractivity contribution in [1.82, 2.24) is 10.6 Å². The van der Waals surface area contributed by atoms with Crippen LogP contribution in [-0.4, -0.2) is 43.5 Å². The number of nitrogens with two attached hydrogens (primary N) is 1. The first-order chi connectivity index (χ1) is 11.9. The molecule has 0 aliphatic rings. The maximum Gasteiger partial charge on any atom is 0.315 e. The zero-order valence-electron chi connectivity index (χ0n) is 15.0. The van der Waals surface area contributed by atoms with Crippen molar-refractivity contribution in [2.24, 2.45) is 11.7 Å². The minimum atomic E-state index is -0.663. The van der Waals surface area contributed by atoms with Gasteiger partial charge in [0.25, 0.3) is 0 Å². The molecule has 2 amide bonds. The molecular formula is C18H27N3O4. The van der Waals surface area contributed by atoms with E-state index in [9.17, 15) is 14.4 Å². The number of hydrogen-bond donors (Lipinski definition) is 3. The molecular weight excluding hydrogens is 322 g/mol. The summed E-state index contributed by atoms with van der Waals surface area (Å²) >= 11 is 0. The van der Waals surface area contributed by atoms with Crippen molar-refractivity contribution in [2.75, 3.05) is 19.7 Å². The fraction of sp³-hybridized carbons (Fsp3) is 0.500. The van der Waals surface area contributed by atoms with E-state index < -0.39 is 23.8 Å². The highest BCUT2D eigenvalue weighted by Gasteiger charge is 2.23. The molecule has 4 N–H and O–H groups in total. The Balaban J connectivity index is 2.57. The largest absolute Gasteiger partial charge is 0.465 e. The fourth-order valence-corrected chi connectivity index (χ4v) is 2.13. The smallest absolute Gasteiger partial charge is 0.315 e. The number of carbonyl (C=O) groups is 3. The molecule has 138 valence electrons. The molecule has 0 aliphatic heterocycles. The Labute approximate surface area is 148 Å². The van der Waals surface area contributed by atoms with Gasteiger partial charge < -0.3 is 21.1 Å². The van der Waals surface area contributed by atoms with Crippen LogP contribution >= 0.6 is 0 Å². The summed E-state index contributed by atoms with van der Waals surface area (Å²) in [5.74, 6) is -1.79. The first-order valence-electron chi connectivity index (χ1n) is 8.38. The molecule has 7 heteroatoms. The lowest BCUT2D eigenvalue weighted by Gasteiger charge is -2.18. The number of ether oxygens (including phenoxy) is 1. The lowest BCUT2D eigenvalue weighted by Crippen LogP contribution is -2.47. The monoisotopic (exact) mass is 349 g/mol. The molecule has 0 bridgehead atoms. The predicted octanol–water partition coefficient (Wildman–Crippen LogP) is 0.549. The number of nitrogens with one attached hydrogen (secondary N) is 2. The van der Waals surface area contributed by atoms with Crippen LogP contribution in [-0.2, 0) is 19.1 Å². The van der Waals surface area contributed by atoms with Crippen molar-refractivity contribution in [3.63, 3.8) is 0 Å². The minimum Gasteiger partial charge on any atom is -0.465 e. The van der Waals surface area contributed by atoms with Gasteiger partial charge in [-0.05, 0) is 18.4 Å². The molecule has 0 aromatic heterocycles. The van der Waals surface area contributed by atoms with E-state index in [4.69, 9.17) is 10.5 Å². The molecule has 1 unspecified atom stereocenters.